The molecule has 0 aromatic heterocycles. The third-order valence-electron chi connectivity index (χ3n) is 2.27. The normalized spacial score (nSPS) is 22.8. The Morgan fingerprint density at radius 1 is 1.50 bits per heavy atom. The van der Waals surface area contributed by atoms with Gasteiger partial charge in [-0.2, -0.15) is 0 Å². The lowest BCUT2D eigenvalue weighted by atomic mass is 9.81. The van der Waals surface area contributed by atoms with Gasteiger partial charge in [-0.3, -0.25) is 0 Å². The Morgan fingerprint density at radius 2 is 2.10 bits per heavy atom. The van der Waals surface area contributed by atoms with E-state index >= 15 is 0 Å². The number of hydrogen-bond acceptors (Lipinski definition) is 2. The molecule has 10 heavy (non-hydrogen) atoms. The molecule has 0 aliphatic carbocycles. The zero-order valence-corrected chi connectivity index (χ0v) is 7.28. The predicted octanol–water partition coefficient (Wildman–Crippen LogP) is 0.794. The molecule has 0 spiro atoms. The van der Waals surface area contributed by atoms with Crippen LogP contribution in [0.3, 0.4) is 0 Å². The van der Waals surface area contributed by atoms with Crippen LogP contribution >= 0.6 is 0 Å². The van der Waals surface area contributed by atoms with Crippen molar-refractivity contribution in [3.05, 3.63) is 0 Å². The van der Waals surface area contributed by atoms with Crippen molar-refractivity contribution in [2.75, 3.05) is 33.7 Å². The Balaban J connectivity index is 0.000001000. The van der Waals surface area contributed by atoms with Crippen molar-refractivity contribution in [3.8, 4) is 0 Å². The first kappa shape index (κ1) is 8.02. The van der Waals surface area contributed by atoms with Gasteiger partial charge >= 0.3 is 0 Å². The van der Waals surface area contributed by atoms with Gasteiger partial charge in [0.05, 0.1) is 0 Å². The topological polar surface area (TPSA) is 15.3 Å². The molecule has 0 amide bonds. The quantitative estimate of drug-likeness (QED) is 0.630. The molecule has 0 radical (unpaired) electrons. The van der Waals surface area contributed by atoms with Gasteiger partial charge < -0.3 is 10.2 Å². The van der Waals surface area contributed by atoms with Gasteiger partial charge in [0.1, 0.15) is 0 Å². The lowest BCUT2D eigenvalue weighted by Crippen LogP contribution is -2.52. The monoisotopic (exact) mass is 144 g/mol. The van der Waals surface area contributed by atoms with Gasteiger partial charge in [0, 0.05) is 14.5 Å². The van der Waals surface area contributed by atoms with E-state index in [0.29, 0.717) is 5.41 Å². The number of nitrogens with zero attached hydrogens (tertiary/aromatic N) is 1. The summed E-state index contributed by atoms with van der Waals surface area (Å²) in [5.41, 5.74) is 0.601. The lowest BCUT2D eigenvalue weighted by Gasteiger charge is -2.40. The maximum atomic E-state index is 3.31. The van der Waals surface area contributed by atoms with Crippen molar-refractivity contribution in [1.82, 2.24) is 10.2 Å². The van der Waals surface area contributed by atoms with Gasteiger partial charge in [-0.1, -0.05) is 6.92 Å². The van der Waals surface area contributed by atoms with Crippen molar-refractivity contribution in [2.24, 2.45) is 5.41 Å². The number of rotatable bonds is 3. The van der Waals surface area contributed by atoms with E-state index < -0.39 is 0 Å². The second kappa shape index (κ2) is 2.89. The molecule has 1 rings (SSSR count). The molecule has 2 heteroatoms. The Morgan fingerprint density at radius 3 is 2.40 bits per heavy atom. The van der Waals surface area contributed by atoms with Gasteiger partial charge in [0.25, 0.3) is 0 Å². The Kier molecular flexibility index (Phi) is 2.32. The van der Waals surface area contributed by atoms with Crippen LogP contribution in [0, 0.1) is 5.41 Å². The molecule has 0 saturated carbocycles. The van der Waals surface area contributed by atoms with Gasteiger partial charge in [-0.15, -0.1) is 0 Å². The average Bonchev–Trinajstić information content (AvgIpc) is 1.79. The molecule has 0 atom stereocenters. The highest BCUT2D eigenvalue weighted by atomic mass is 15.1. The molecule has 0 aromatic rings. The molecule has 1 aliphatic heterocycles. The van der Waals surface area contributed by atoms with Crippen LogP contribution in [-0.2, 0) is 0 Å². The summed E-state index contributed by atoms with van der Waals surface area (Å²) < 4.78 is 0. The first-order chi connectivity index (χ1) is 4.62. The molecule has 1 aliphatic rings. The Labute approximate surface area is 65.1 Å². The highest BCUT2D eigenvalue weighted by molar-refractivity contribution is 4.88. The second-order valence-electron chi connectivity index (χ2n) is 3.97. The molecule has 1 N–H and O–H groups in total. The standard InChI is InChI=1S/C8H18N2.H2/c1-8(6-9-7-8)4-5-10(2)3;/h9H,4-7H2,1-3H3;1H. The molecular weight excluding hydrogens is 124 g/mol. The first-order valence-corrected chi connectivity index (χ1v) is 3.98. The Bertz CT molecular complexity index is 111. The fourth-order valence-electron chi connectivity index (χ4n) is 1.22. The summed E-state index contributed by atoms with van der Waals surface area (Å²) in [5.74, 6) is 0. The van der Waals surface area contributed by atoms with Crippen molar-refractivity contribution < 1.29 is 1.43 Å². The van der Waals surface area contributed by atoms with Crippen LogP contribution < -0.4 is 5.32 Å². The van der Waals surface area contributed by atoms with Crippen molar-refractivity contribution in [1.29, 1.82) is 0 Å². The molecule has 0 bridgehead atoms. The van der Waals surface area contributed by atoms with Gasteiger partial charge in [0.2, 0.25) is 0 Å². The van der Waals surface area contributed by atoms with Gasteiger partial charge in [-0.05, 0) is 32.5 Å². The maximum Gasteiger partial charge on any atom is 0.00180 e. The highest BCUT2D eigenvalue weighted by Gasteiger charge is 2.30. The van der Waals surface area contributed by atoms with E-state index in [2.05, 4.69) is 31.2 Å². The molecule has 1 saturated heterocycles. The van der Waals surface area contributed by atoms with Crippen LogP contribution in [-0.4, -0.2) is 38.6 Å². The predicted molar refractivity (Wildman–Crippen MR) is 46.3 cm³/mol. The van der Waals surface area contributed by atoms with Crippen LogP contribution in [0.4, 0.5) is 0 Å². The highest BCUT2D eigenvalue weighted by Crippen LogP contribution is 2.25. The van der Waals surface area contributed by atoms with Crippen LogP contribution in [0.5, 0.6) is 0 Å². The van der Waals surface area contributed by atoms with E-state index in [1.807, 2.05) is 0 Å². The Hall–Kier alpha value is -0.0800. The minimum Gasteiger partial charge on any atom is -0.316 e. The summed E-state index contributed by atoms with van der Waals surface area (Å²) in [6, 6.07) is 0. The number of hydrogen-bond donors (Lipinski definition) is 1. The van der Waals surface area contributed by atoms with Gasteiger partial charge in [0.15, 0.2) is 0 Å². The fourth-order valence-corrected chi connectivity index (χ4v) is 1.22. The second-order valence-corrected chi connectivity index (χ2v) is 3.97. The first-order valence-electron chi connectivity index (χ1n) is 3.98. The van der Waals surface area contributed by atoms with E-state index in [1.165, 1.54) is 26.1 Å². The lowest BCUT2D eigenvalue weighted by molar-refractivity contribution is 0.161. The van der Waals surface area contributed by atoms with Crippen LogP contribution in [0.1, 0.15) is 14.8 Å². The van der Waals surface area contributed by atoms with E-state index in [0.717, 1.165) is 0 Å². The minimum absolute atomic E-state index is 0. The van der Waals surface area contributed by atoms with Crippen molar-refractivity contribution in [2.45, 2.75) is 13.3 Å². The van der Waals surface area contributed by atoms with E-state index in [-0.39, 0.29) is 1.43 Å². The molecule has 1 fully saturated rings. The fraction of sp³-hybridized carbons (Fsp3) is 1.00. The van der Waals surface area contributed by atoms with E-state index in [4.69, 9.17) is 0 Å². The summed E-state index contributed by atoms with van der Waals surface area (Å²) >= 11 is 0. The molecule has 0 aromatic carbocycles. The molecule has 2 nitrogen and oxygen atoms in total. The van der Waals surface area contributed by atoms with E-state index in [1.54, 1.807) is 0 Å². The molecule has 62 valence electrons. The van der Waals surface area contributed by atoms with Crippen LogP contribution in [0.15, 0.2) is 0 Å². The zero-order valence-electron chi connectivity index (χ0n) is 7.28. The SMILES string of the molecule is CN(C)CCC1(C)CNC1.[HH]. The third-order valence-corrected chi connectivity index (χ3v) is 2.27. The summed E-state index contributed by atoms with van der Waals surface area (Å²) in [4.78, 5) is 2.25. The summed E-state index contributed by atoms with van der Waals surface area (Å²) in [6.45, 7) is 5.99. The smallest absolute Gasteiger partial charge is 0.00180 e. The summed E-state index contributed by atoms with van der Waals surface area (Å²) in [6.07, 6.45) is 1.33. The molecular formula is C8H20N2. The third kappa shape index (κ3) is 1.96. The summed E-state index contributed by atoms with van der Waals surface area (Å²) in [5, 5.41) is 3.31. The van der Waals surface area contributed by atoms with E-state index in [9.17, 15) is 0 Å². The van der Waals surface area contributed by atoms with Crippen LogP contribution in [0.2, 0.25) is 0 Å². The summed E-state index contributed by atoms with van der Waals surface area (Å²) in [7, 11) is 4.27. The van der Waals surface area contributed by atoms with Crippen molar-refractivity contribution >= 4 is 0 Å². The largest absolute Gasteiger partial charge is 0.316 e. The maximum absolute atomic E-state index is 3.31. The van der Waals surface area contributed by atoms with Gasteiger partial charge in [-0.25, -0.2) is 0 Å². The van der Waals surface area contributed by atoms with Crippen LogP contribution in [0.25, 0.3) is 0 Å². The molecule has 0 unspecified atom stereocenters. The molecule has 1 heterocycles. The minimum atomic E-state index is 0. The average molecular weight is 144 g/mol. The number of nitrogens with one attached hydrogen (secondary N) is 1. The van der Waals surface area contributed by atoms with Crippen molar-refractivity contribution in [3.63, 3.8) is 0 Å². The zero-order chi connectivity index (χ0) is 7.61.